The molecule has 1 unspecified atom stereocenters. The van der Waals surface area contributed by atoms with Crippen molar-refractivity contribution in [1.82, 2.24) is 15.1 Å². The molecule has 0 bridgehead atoms. The third-order valence-corrected chi connectivity index (χ3v) is 3.44. The lowest BCUT2D eigenvalue weighted by atomic mass is 10.2. The van der Waals surface area contributed by atoms with Gasteiger partial charge >= 0.3 is 0 Å². The van der Waals surface area contributed by atoms with Gasteiger partial charge in [-0.3, -0.25) is 0 Å². The summed E-state index contributed by atoms with van der Waals surface area (Å²) in [6, 6.07) is 3.85. The fourth-order valence-corrected chi connectivity index (χ4v) is 2.38. The van der Waals surface area contributed by atoms with Gasteiger partial charge < -0.3 is 14.2 Å². The van der Waals surface area contributed by atoms with Crippen LogP contribution in [0.4, 0.5) is 5.82 Å². The molecule has 3 rings (SSSR count). The van der Waals surface area contributed by atoms with Crippen LogP contribution in [0.15, 0.2) is 22.9 Å². The van der Waals surface area contributed by atoms with Crippen LogP contribution in [-0.4, -0.2) is 40.9 Å². The van der Waals surface area contributed by atoms with Crippen LogP contribution in [0.1, 0.15) is 19.2 Å². The first-order valence-corrected chi connectivity index (χ1v) is 6.90. The van der Waals surface area contributed by atoms with Gasteiger partial charge in [-0.1, -0.05) is 12.1 Å². The molecular formula is C14H18N4O2. The van der Waals surface area contributed by atoms with Crippen molar-refractivity contribution >= 4 is 5.82 Å². The SMILES string of the molecule is CCC1CN(c2ncccc2-c2nc(C)no2)CCO1. The Kier molecular flexibility index (Phi) is 3.64. The van der Waals surface area contributed by atoms with E-state index in [1.54, 1.807) is 6.20 Å². The summed E-state index contributed by atoms with van der Waals surface area (Å²) in [6.07, 6.45) is 3.04. The van der Waals surface area contributed by atoms with E-state index in [-0.39, 0.29) is 6.10 Å². The van der Waals surface area contributed by atoms with Crippen molar-refractivity contribution in [3.8, 4) is 11.5 Å². The van der Waals surface area contributed by atoms with Crippen LogP contribution in [0.2, 0.25) is 0 Å². The average Bonchev–Trinajstić information content (AvgIpc) is 2.94. The molecule has 1 aliphatic rings. The molecule has 6 heteroatoms. The Hall–Kier alpha value is -1.95. The van der Waals surface area contributed by atoms with Gasteiger partial charge in [0, 0.05) is 19.3 Å². The van der Waals surface area contributed by atoms with Gasteiger partial charge in [-0.25, -0.2) is 4.98 Å². The predicted molar refractivity (Wildman–Crippen MR) is 74.5 cm³/mol. The van der Waals surface area contributed by atoms with Crippen LogP contribution in [0.5, 0.6) is 0 Å². The van der Waals surface area contributed by atoms with E-state index >= 15 is 0 Å². The third kappa shape index (κ3) is 2.51. The Morgan fingerprint density at radius 2 is 2.35 bits per heavy atom. The fraction of sp³-hybridized carbons (Fsp3) is 0.500. The van der Waals surface area contributed by atoms with Crippen molar-refractivity contribution in [1.29, 1.82) is 0 Å². The first kappa shape index (κ1) is 13.1. The smallest absolute Gasteiger partial charge is 0.261 e. The van der Waals surface area contributed by atoms with Crippen LogP contribution >= 0.6 is 0 Å². The molecule has 0 spiro atoms. The number of rotatable bonds is 3. The molecule has 1 atom stereocenters. The van der Waals surface area contributed by atoms with E-state index in [2.05, 4.69) is 26.9 Å². The van der Waals surface area contributed by atoms with E-state index in [9.17, 15) is 0 Å². The highest BCUT2D eigenvalue weighted by Gasteiger charge is 2.24. The molecule has 2 aromatic heterocycles. The van der Waals surface area contributed by atoms with Gasteiger partial charge in [0.1, 0.15) is 5.82 Å². The van der Waals surface area contributed by atoms with E-state index in [0.29, 0.717) is 11.7 Å². The van der Waals surface area contributed by atoms with Crippen LogP contribution in [0.3, 0.4) is 0 Å². The maximum atomic E-state index is 5.71. The molecule has 0 amide bonds. The molecule has 106 valence electrons. The summed E-state index contributed by atoms with van der Waals surface area (Å²) in [5.41, 5.74) is 0.879. The topological polar surface area (TPSA) is 64.3 Å². The molecule has 0 radical (unpaired) electrons. The minimum atomic E-state index is 0.253. The maximum absolute atomic E-state index is 5.71. The number of aryl methyl sites for hydroxylation is 1. The van der Waals surface area contributed by atoms with Crippen molar-refractivity contribution in [2.45, 2.75) is 26.4 Å². The van der Waals surface area contributed by atoms with Crippen molar-refractivity contribution in [3.05, 3.63) is 24.2 Å². The first-order valence-electron chi connectivity index (χ1n) is 6.90. The average molecular weight is 274 g/mol. The summed E-state index contributed by atoms with van der Waals surface area (Å²) >= 11 is 0. The molecule has 2 aromatic rings. The highest BCUT2D eigenvalue weighted by molar-refractivity contribution is 5.69. The van der Waals surface area contributed by atoms with Gasteiger partial charge in [0.15, 0.2) is 5.82 Å². The van der Waals surface area contributed by atoms with Crippen LogP contribution in [0, 0.1) is 6.92 Å². The summed E-state index contributed by atoms with van der Waals surface area (Å²) in [5.74, 6) is 2.03. The molecule has 1 aliphatic heterocycles. The highest BCUT2D eigenvalue weighted by atomic mass is 16.5. The largest absolute Gasteiger partial charge is 0.375 e. The molecule has 0 saturated carbocycles. The summed E-state index contributed by atoms with van der Waals surface area (Å²) in [7, 11) is 0. The van der Waals surface area contributed by atoms with E-state index in [4.69, 9.17) is 9.26 Å². The molecule has 6 nitrogen and oxygen atoms in total. The second-order valence-electron chi connectivity index (χ2n) is 4.87. The Bertz CT molecular complexity index is 584. The molecular weight excluding hydrogens is 256 g/mol. The highest BCUT2D eigenvalue weighted by Crippen LogP contribution is 2.28. The van der Waals surface area contributed by atoms with Gasteiger partial charge in [0.25, 0.3) is 5.89 Å². The quantitative estimate of drug-likeness (QED) is 0.853. The first-order chi connectivity index (χ1) is 9.78. The van der Waals surface area contributed by atoms with Gasteiger partial charge in [0.2, 0.25) is 0 Å². The number of ether oxygens (including phenoxy) is 1. The second-order valence-corrected chi connectivity index (χ2v) is 4.87. The van der Waals surface area contributed by atoms with E-state index < -0.39 is 0 Å². The standard InChI is InChI=1S/C14H18N4O2/c1-3-11-9-18(7-8-19-11)13-12(5-4-6-15-13)14-16-10(2)17-20-14/h4-6,11H,3,7-9H2,1-2H3. The Morgan fingerprint density at radius 1 is 1.45 bits per heavy atom. The number of anilines is 1. The van der Waals surface area contributed by atoms with Crippen molar-refractivity contribution < 1.29 is 9.26 Å². The summed E-state index contributed by atoms with van der Waals surface area (Å²) in [6.45, 7) is 6.33. The Labute approximate surface area is 117 Å². The minimum absolute atomic E-state index is 0.253. The number of morpholine rings is 1. The monoisotopic (exact) mass is 274 g/mol. The summed E-state index contributed by atoms with van der Waals surface area (Å²) in [4.78, 5) is 11.0. The normalized spacial score (nSPS) is 19.3. The van der Waals surface area contributed by atoms with Gasteiger partial charge in [0.05, 0.1) is 18.3 Å². The lowest BCUT2D eigenvalue weighted by Crippen LogP contribution is -2.42. The van der Waals surface area contributed by atoms with E-state index in [0.717, 1.165) is 37.5 Å². The zero-order valence-electron chi connectivity index (χ0n) is 11.7. The number of pyridine rings is 1. The minimum Gasteiger partial charge on any atom is -0.375 e. The number of nitrogens with zero attached hydrogens (tertiary/aromatic N) is 4. The summed E-state index contributed by atoms with van der Waals surface area (Å²) in [5, 5.41) is 3.85. The van der Waals surface area contributed by atoms with Crippen molar-refractivity contribution in [2.75, 3.05) is 24.6 Å². The molecule has 1 fully saturated rings. The zero-order chi connectivity index (χ0) is 13.9. The molecule has 3 heterocycles. The predicted octanol–water partition coefficient (Wildman–Crippen LogP) is 2.06. The Balaban J connectivity index is 1.93. The van der Waals surface area contributed by atoms with Gasteiger partial charge in [-0.15, -0.1) is 0 Å². The van der Waals surface area contributed by atoms with Crippen LogP contribution < -0.4 is 4.90 Å². The lowest BCUT2D eigenvalue weighted by molar-refractivity contribution is 0.0382. The zero-order valence-corrected chi connectivity index (χ0v) is 11.7. The summed E-state index contributed by atoms with van der Waals surface area (Å²) < 4.78 is 11.0. The van der Waals surface area contributed by atoms with Gasteiger partial charge in [-0.05, 0) is 25.5 Å². The third-order valence-electron chi connectivity index (χ3n) is 3.44. The number of aromatic nitrogens is 3. The fourth-order valence-electron chi connectivity index (χ4n) is 2.38. The lowest BCUT2D eigenvalue weighted by Gasteiger charge is -2.33. The van der Waals surface area contributed by atoms with Crippen molar-refractivity contribution in [2.24, 2.45) is 0 Å². The maximum Gasteiger partial charge on any atom is 0.261 e. The Morgan fingerprint density at radius 3 is 3.10 bits per heavy atom. The van der Waals surface area contributed by atoms with Crippen LogP contribution in [0.25, 0.3) is 11.5 Å². The molecule has 0 aliphatic carbocycles. The molecule has 0 N–H and O–H groups in total. The van der Waals surface area contributed by atoms with Gasteiger partial charge in [-0.2, -0.15) is 4.98 Å². The molecule has 1 saturated heterocycles. The second kappa shape index (κ2) is 5.58. The molecule has 20 heavy (non-hydrogen) atoms. The van der Waals surface area contributed by atoms with E-state index in [1.165, 1.54) is 0 Å². The van der Waals surface area contributed by atoms with E-state index in [1.807, 2.05) is 19.1 Å². The molecule has 0 aromatic carbocycles. The van der Waals surface area contributed by atoms with Crippen molar-refractivity contribution in [3.63, 3.8) is 0 Å². The van der Waals surface area contributed by atoms with Crippen LogP contribution in [-0.2, 0) is 4.74 Å². The number of hydrogen-bond acceptors (Lipinski definition) is 6. The number of hydrogen-bond donors (Lipinski definition) is 0.